The highest BCUT2D eigenvalue weighted by Crippen LogP contribution is 2.20. The van der Waals surface area contributed by atoms with Gasteiger partial charge in [-0.3, -0.25) is 15.4 Å². The van der Waals surface area contributed by atoms with Gasteiger partial charge in [-0.25, -0.2) is 0 Å². The molecule has 2 rings (SSSR count). The quantitative estimate of drug-likeness (QED) is 0.399. The number of benzene rings is 1. The molecule has 1 aromatic carbocycles. The molecule has 0 radical (unpaired) electrons. The van der Waals surface area contributed by atoms with E-state index in [4.69, 9.17) is 23.8 Å². The van der Waals surface area contributed by atoms with Gasteiger partial charge >= 0.3 is 0 Å². The molecular formula is C14H18ClN3S. The molecule has 5 heteroatoms. The van der Waals surface area contributed by atoms with Crippen LogP contribution in [0.3, 0.4) is 0 Å². The van der Waals surface area contributed by atoms with Crippen LogP contribution in [-0.4, -0.2) is 29.4 Å². The summed E-state index contributed by atoms with van der Waals surface area (Å²) in [6, 6.07) is 7.95. The minimum absolute atomic E-state index is 0.480. The second kappa shape index (κ2) is 6.87. The zero-order valence-corrected chi connectivity index (χ0v) is 12.5. The number of hydrazine groups is 1. The van der Waals surface area contributed by atoms with Crippen molar-refractivity contribution in [3.8, 4) is 0 Å². The average Bonchev–Trinajstić information content (AvgIpc) is 2.90. The van der Waals surface area contributed by atoms with E-state index in [-0.39, 0.29) is 0 Å². The van der Waals surface area contributed by atoms with Gasteiger partial charge in [-0.15, -0.1) is 0 Å². The Bertz CT molecular complexity index is 452. The summed E-state index contributed by atoms with van der Waals surface area (Å²) in [5, 5.41) is 2.51. The van der Waals surface area contributed by atoms with Crippen LogP contribution in [0.1, 0.15) is 31.2 Å². The minimum Gasteiger partial charge on any atom is -0.287 e. The molecule has 1 N–H and O–H groups in total. The first-order valence-corrected chi connectivity index (χ1v) is 7.26. The SMILES string of the molecule is CN(C=NC1CCCC1)NC(=S)c1ccc(Cl)cc1. The number of nitrogens with zero attached hydrogens (tertiary/aromatic N) is 2. The molecule has 3 nitrogen and oxygen atoms in total. The van der Waals surface area contributed by atoms with E-state index in [0.717, 1.165) is 5.56 Å². The molecule has 0 aliphatic heterocycles. The van der Waals surface area contributed by atoms with Crippen LogP contribution in [0.4, 0.5) is 0 Å². The maximum atomic E-state index is 5.85. The Morgan fingerprint density at radius 3 is 2.63 bits per heavy atom. The van der Waals surface area contributed by atoms with Gasteiger partial charge in [-0.2, -0.15) is 0 Å². The van der Waals surface area contributed by atoms with Crippen molar-refractivity contribution in [1.29, 1.82) is 0 Å². The molecule has 0 aromatic heterocycles. The number of halogens is 1. The lowest BCUT2D eigenvalue weighted by atomic mass is 10.2. The van der Waals surface area contributed by atoms with E-state index in [1.165, 1.54) is 25.7 Å². The third-order valence-corrected chi connectivity index (χ3v) is 3.74. The third-order valence-electron chi connectivity index (χ3n) is 3.16. The fourth-order valence-corrected chi connectivity index (χ4v) is 2.51. The van der Waals surface area contributed by atoms with E-state index in [9.17, 15) is 0 Å². The van der Waals surface area contributed by atoms with Crippen LogP contribution in [0, 0.1) is 0 Å². The molecule has 1 aromatic rings. The Hall–Kier alpha value is -1.13. The first kappa shape index (κ1) is 14.3. The maximum Gasteiger partial charge on any atom is 0.125 e. The highest BCUT2D eigenvalue weighted by Gasteiger charge is 2.12. The van der Waals surface area contributed by atoms with Gasteiger partial charge in [0, 0.05) is 17.6 Å². The van der Waals surface area contributed by atoms with Crippen molar-refractivity contribution in [2.75, 3.05) is 7.05 Å². The Morgan fingerprint density at radius 1 is 1.37 bits per heavy atom. The molecule has 1 aliphatic rings. The summed E-state index contributed by atoms with van der Waals surface area (Å²) in [5.74, 6) is 0. The zero-order valence-electron chi connectivity index (χ0n) is 11.0. The summed E-state index contributed by atoms with van der Waals surface area (Å²) < 4.78 is 0. The van der Waals surface area contributed by atoms with Gasteiger partial charge in [0.25, 0.3) is 0 Å². The first-order chi connectivity index (χ1) is 9.15. The highest BCUT2D eigenvalue weighted by molar-refractivity contribution is 7.80. The number of aliphatic imine (C=N–C) groups is 1. The number of rotatable bonds is 4. The van der Waals surface area contributed by atoms with Crippen LogP contribution < -0.4 is 5.43 Å². The number of thiocarbonyl (C=S) groups is 1. The van der Waals surface area contributed by atoms with Crippen molar-refractivity contribution in [3.63, 3.8) is 0 Å². The second-order valence-electron chi connectivity index (χ2n) is 4.76. The largest absolute Gasteiger partial charge is 0.287 e. The van der Waals surface area contributed by atoms with Crippen LogP contribution in [-0.2, 0) is 0 Å². The molecule has 19 heavy (non-hydrogen) atoms. The normalized spacial score (nSPS) is 15.9. The Morgan fingerprint density at radius 2 is 2.00 bits per heavy atom. The molecule has 0 amide bonds. The molecule has 0 heterocycles. The van der Waals surface area contributed by atoms with Crippen LogP contribution >= 0.6 is 23.8 Å². The van der Waals surface area contributed by atoms with Crippen molar-refractivity contribution in [1.82, 2.24) is 10.4 Å². The fraction of sp³-hybridized carbons (Fsp3) is 0.429. The van der Waals surface area contributed by atoms with Crippen molar-refractivity contribution >= 4 is 35.1 Å². The fourth-order valence-electron chi connectivity index (χ4n) is 2.10. The van der Waals surface area contributed by atoms with Gasteiger partial charge in [-0.05, 0) is 25.0 Å². The Balaban J connectivity index is 1.85. The van der Waals surface area contributed by atoms with Crippen LogP contribution in [0.15, 0.2) is 29.3 Å². The summed E-state index contributed by atoms with van der Waals surface area (Å²) in [5.41, 5.74) is 4.06. The molecule has 0 saturated heterocycles. The summed E-state index contributed by atoms with van der Waals surface area (Å²) in [4.78, 5) is 5.21. The number of nitrogens with one attached hydrogen (secondary N) is 1. The zero-order chi connectivity index (χ0) is 13.7. The predicted molar refractivity (Wildman–Crippen MR) is 84.8 cm³/mol. The molecule has 1 fully saturated rings. The molecule has 0 bridgehead atoms. The van der Waals surface area contributed by atoms with Crippen LogP contribution in [0.5, 0.6) is 0 Å². The molecule has 102 valence electrons. The minimum atomic E-state index is 0.480. The number of hydrogen-bond acceptors (Lipinski definition) is 2. The van der Waals surface area contributed by atoms with Crippen LogP contribution in [0.2, 0.25) is 5.02 Å². The standard InChI is InChI=1S/C14H18ClN3S/c1-18(10-16-13-4-2-3-5-13)17-14(19)11-6-8-12(15)9-7-11/h6-10,13H,2-5H2,1H3,(H,17,19). The summed E-state index contributed by atoms with van der Waals surface area (Å²) in [7, 11) is 1.90. The molecular weight excluding hydrogens is 278 g/mol. The first-order valence-electron chi connectivity index (χ1n) is 6.48. The van der Waals surface area contributed by atoms with E-state index in [1.807, 2.05) is 37.7 Å². The number of hydrogen-bond donors (Lipinski definition) is 1. The summed E-state index contributed by atoms with van der Waals surface area (Å²) >= 11 is 11.2. The van der Waals surface area contributed by atoms with Crippen LogP contribution in [0.25, 0.3) is 0 Å². The lowest BCUT2D eigenvalue weighted by Crippen LogP contribution is -2.37. The average molecular weight is 296 g/mol. The monoisotopic (exact) mass is 295 g/mol. The van der Waals surface area contributed by atoms with Gasteiger partial charge < -0.3 is 0 Å². The predicted octanol–water partition coefficient (Wildman–Crippen LogP) is 3.42. The molecule has 0 unspecified atom stereocenters. The lowest BCUT2D eigenvalue weighted by molar-refractivity contribution is 0.470. The van der Waals surface area contributed by atoms with E-state index < -0.39 is 0 Å². The van der Waals surface area contributed by atoms with Gasteiger partial charge in [-0.1, -0.05) is 48.8 Å². The topological polar surface area (TPSA) is 27.6 Å². The molecule has 1 saturated carbocycles. The van der Waals surface area contributed by atoms with Crippen molar-refractivity contribution in [2.24, 2.45) is 4.99 Å². The molecule has 1 aliphatic carbocycles. The maximum absolute atomic E-state index is 5.85. The van der Waals surface area contributed by atoms with Gasteiger partial charge in [0.2, 0.25) is 0 Å². The molecule has 0 spiro atoms. The van der Waals surface area contributed by atoms with E-state index in [1.54, 1.807) is 5.01 Å². The van der Waals surface area contributed by atoms with Gasteiger partial charge in [0.05, 0.1) is 6.04 Å². The van der Waals surface area contributed by atoms with Crippen molar-refractivity contribution in [2.45, 2.75) is 31.7 Å². The van der Waals surface area contributed by atoms with Gasteiger partial charge in [0.15, 0.2) is 0 Å². The van der Waals surface area contributed by atoms with E-state index in [2.05, 4.69) is 10.4 Å². The second-order valence-corrected chi connectivity index (χ2v) is 5.61. The van der Waals surface area contributed by atoms with Crippen molar-refractivity contribution in [3.05, 3.63) is 34.9 Å². The summed E-state index contributed by atoms with van der Waals surface area (Å²) in [6.45, 7) is 0. The molecule has 0 atom stereocenters. The summed E-state index contributed by atoms with van der Waals surface area (Å²) in [6.07, 6.45) is 6.81. The van der Waals surface area contributed by atoms with E-state index >= 15 is 0 Å². The third kappa shape index (κ3) is 4.48. The van der Waals surface area contributed by atoms with Gasteiger partial charge in [0.1, 0.15) is 11.3 Å². The van der Waals surface area contributed by atoms with Crippen molar-refractivity contribution < 1.29 is 0 Å². The smallest absolute Gasteiger partial charge is 0.125 e. The lowest BCUT2D eigenvalue weighted by Gasteiger charge is -2.17. The Kier molecular flexibility index (Phi) is 5.16. The highest BCUT2D eigenvalue weighted by atomic mass is 35.5. The van der Waals surface area contributed by atoms with E-state index in [0.29, 0.717) is 16.1 Å². The Labute approximate surface area is 124 Å².